The molecule has 0 saturated carbocycles. The summed E-state index contributed by atoms with van der Waals surface area (Å²) in [4.78, 5) is 70.3. The van der Waals surface area contributed by atoms with Crippen LogP contribution in [0.15, 0.2) is 0 Å². The Kier molecular flexibility index (Phi) is 14.1. The van der Waals surface area contributed by atoms with E-state index in [0.717, 1.165) is 0 Å². The summed E-state index contributed by atoms with van der Waals surface area (Å²) in [5.41, 5.74) is 10.5. The van der Waals surface area contributed by atoms with E-state index >= 15 is 0 Å². The number of thioether (sulfide) groups is 1. The maximum atomic E-state index is 12.6. The molecule has 0 heterocycles. The van der Waals surface area contributed by atoms with Gasteiger partial charge < -0.3 is 37.6 Å². The molecule has 4 atom stereocenters. The van der Waals surface area contributed by atoms with Crippen molar-refractivity contribution >= 4 is 60.0 Å². The first kappa shape index (κ1) is 29.5. The molecular weight excluding hydrogens is 466 g/mol. The van der Waals surface area contributed by atoms with Crippen molar-refractivity contribution in [2.45, 2.75) is 49.9 Å². The molecule has 0 saturated heterocycles. The highest BCUT2D eigenvalue weighted by atomic mass is 32.2. The van der Waals surface area contributed by atoms with Crippen LogP contribution in [0, 0.1) is 0 Å². The van der Waals surface area contributed by atoms with Crippen LogP contribution >= 0.6 is 24.4 Å². The maximum absolute atomic E-state index is 12.6. The summed E-state index contributed by atoms with van der Waals surface area (Å²) in [6, 6.07) is -5.18. The molecule has 0 rings (SSSR count). The molecule has 0 aromatic rings. The highest BCUT2D eigenvalue weighted by Gasteiger charge is 2.30. The predicted molar refractivity (Wildman–Crippen MR) is 119 cm³/mol. The van der Waals surface area contributed by atoms with Gasteiger partial charge in [0, 0.05) is 12.2 Å². The SMILES string of the molecule is CSCCC(NC(=O)C(CS)NC(=O)C(CCC(=O)O)NC(=O)C(N)CC(N)=O)C(=O)O. The lowest BCUT2D eigenvalue weighted by Crippen LogP contribution is -2.58. The molecule has 4 unspecified atom stereocenters. The van der Waals surface area contributed by atoms with Gasteiger partial charge in [0.15, 0.2) is 0 Å². The van der Waals surface area contributed by atoms with Crippen molar-refractivity contribution < 1.29 is 39.0 Å². The van der Waals surface area contributed by atoms with E-state index in [2.05, 4.69) is 28.6 Å². The molecule has 0 bridgehead atoms. The molecule has 0 radical (unpaired) electrons. The Morgan fingerprint density at radius 1 is 0.906 bits per heavy atom. The van der Waals surface area contributed by atoms with Gasteiger partial charge in [0.25, 0.3) is 0 Å². The van der Waals surface area contributed by atoms with Gasteiger partial charge in [-0.05, 0) is 24.9 Å². The predicted octanol–water partition coefficient (Wildman–Crippen LogP) is -2.72. The van der Waals surface area contributed by atoms with Crippen molar-refractivity contribution in [1.82, 2.24) is 16.0 Å². The summed E-state index contributed by atoms with van der Waals surface area (Å²) < 4.78 is 0. The van der Waals surface area contributed by atoms with Crippen LogP contribution in [0.25, 0.3) is 0 Å². The zero-order valence-electron chi connectivity index (χ0n) is 17.4. The van der Waals surface area contributed by atoms with E-state index in [1.165, 1.54) is 11.8 Å². The summed E-state index contributed by atoms with van der Waals surface area (Å²) in [5.74, 6) is -5.68. The summed E-state index contributed by atoms with van der Waals surface area (Å²) in [6.07, 6.45) is 0.621. The molecule has 15 heteroatoms. The lowest BCUT2D eigenvalue weighted by Gasteiger charge is -2.24. The first-order valence-corrected chi connectivity index (χ1v) is 11.4. The molecule has 9 N–H and O–H groups in total. The zero-order valence-corrected chi connectivity index (χ0v) is 19.1. The largest absolute Gasteiger partial charge is 0.481 e. The monoisotopic (exact) mass is 495 g/mol. The number of thiol groups is 1. The van der Waals surface area contributed by atoms with E-state index in [4.69, 9.17) is 16.6 Å². The highest BCUT2D eigenvalue weighted by Crippen LogP contribution is 2.04. The van der Waals surface area contributed by atoms with Gasteiger partial charge in [0.2, 0.25) is 23.6 Å². The van der Waals surface area contributed by atoms with E-state index in [-0.39, 0.29) is 18.6 Å². The molecular formula is C17H29N5O8S2. The minimum absolute atomic E-state index is 0.157. The van der Waals surface area contributed by atoms with E-state index in [1.807, 2.05) is 0 Å². The first-order chi connectivity index (χ1) is 14.9. The quantitative estimate of drug-likeness (QED) is 0.103. The average molecular weight is 496 g/mol. The van der Waals surface area contributed by atoms with Gasteiger partial charge in [-0.25, -0.2) is 4.79 Å². The minimum Gasteiger partial charge on any atom is -0.481 e. The molecule has 4 amide bonds. The topological polar surface area (TPSA) is 231 Å². The Bertz CT molecular complexity index is 708. The van der Waals surface area contributed by atoms with Gasteiger partial charge in [-0.2, -0.15) is 24.4 Å². The lowest BCUT2D eigenvalue weighted by molar-refractivity contribution is -0.142. The molecule has 13 nitrogen and oxygen atoms in total. The van der Waals surface area contributed by atoms with Crippen molar-refractivity contribution in [2.24, 2.45) is 11.5 Å². The van der Waals surface area contributed by atoms with E-state index in [1.54, 1.807) is 6.26 Å². The standard InChI is InChI=1S/C17H29N5O8S2/c1-32-5-4-10(17(29)30)21-16(28)11(7-31)22-15(27)9(2-3-13(24)25)20-14(26)8(18)6-12(19)23/h8-11,31H,2-7,18H2,1H3,(H2,19,23)(H,20,26)(H,21,28)(H,22,27)(H,24,25)(H,29,30). The fraction of sp³-hybridized carbons (Fsp3) is 0.647. The summed E-state index contributed by atoms with van der Waals surface area (Å²) in [5, 5.41) is 25.0. The molecule has 0 aliphatic rings. The Balaban J connectivity index is 5.27. The Labute approximate surface area is 194 Å². The summed E-state index contributed by atoms with van der Waals surface area (Å²) in [6.45, 7) is 0. The molecule has 0 fully saturated rings. The van der Waals surface area contributed by atoms with Gasteiger partial charge in [-0.15, -0.1) is 0 Å². The third-order valence-corrected chi connectivity index (χ3v) is 5.09. The van der Waals surface area contributed by atoms with Gasteiger partial charge in [-0.3, -0.25) is 24.0 Å². The van der Waals surface area contributed by atoms with Crippen LogP contribution in [0.2, 0.25) is 0 Å². The molecule has 0 aromatic carbocycles. The van der Waals surface area contributed by atoms with Crippen molar-refractivity contribution in [3.8, 4) is 0 Å². The van der Waals surface area contributed by atoms with E-state index in [0.29, 0.717) is 5.75 Å². The normalized spacial score (nSPS) is 14.3. The second-order valence-electron chi connectivity index (χ2n) is 6.70. The lowest BCUT2D eigenvalue weighted by atomic mass is 10.1. The van der Waals surface area contributed by atoms with Gasteiger partial charge >= 0.3 is 11.9 Å². The number of hydrogen-bond acceptors (Lipinski definition) is 9. The second-order valence-corrected chi connectivity index (χ2v) is 8.05. The van der Waals surface area contributed by atoms with Gasteiger partial charge in [0.1, 0.15) is 18.1 Å². The smallest absolute Gasteiger partial charge is 0.326 e. The van der Waals surface area contributed by atoms with Crippen LogP contribution in [-0.2, 0) is 28.8 Å². The third-order valence-electron chi connectivity index (χ3n) is 4.08. The molecule has 32 heavy (non-hydrogen) atoms. The molecule has 0 spiro atoms. The molecule has 182 valence electrons. The van der Waals surface area contributed by atoms with Crippen LogP contribution in [0.5, 0.6) is 0 Å². The number of carboxylic acids is 2. The fourth-order valence-electron chi connectivity index (χ4n) is 2.36. The second kappa shape index (κ2) is 15.3. The third kappa shape index (κ3) is 11.8. The van der Waals surface area contributed by atoms with Crippen LogP contribution in [0.4, 0.5) is 0 Å². The molecule has 0 aliphatic heterocycles. The summed E-state index contributed by atoms with van der Waals surface area (Å²) >= 11 is 5.38. The fourth-order valence-corrected chi connectivity index (χ4v) is 3.09. The van der Waals surface area contributed by atoms with Crippen molar-refractivity contribution in [3.63, 3.8) is 0 Å². The minimum atomic E-state index is -1.39. The van der Waals surface area contributed by atoms with E-state index < -0.39 is 72.6 Å². The number of carbonyl (C=O) groups is 6. The zero-order chi connectivity index (χ0) is 24.8. The maximum Gasteiger partial charge on any atom is 0.326 e. The van der Waals surface area contributed by atoms with Crippen LogP contribution < -0.4 is 27.4 Å². The number of aliphatic carboxylic acids is 2. The number of carbonyl (C=O) groups excluding carboxylic acids is 4. The number of rotatable bonds is 16. The Morgan fingerprint density at radius 2 is 1.44 bits per heavy atom. The Morgan fingerprint density at radius 3 is 1.91 bits per heavy atom. The molecule has 0 aromatic heterocycles. The number of nitrogens with one attached hydrogen (secondary N) is 3. The molecule has 0 aliphatic carbocycles. The van der Waals surface area contributed by atoms with Crippen molar-refractivity contribution in [1.29, 1.82) is 0 Å². The number of primary amides is 1. The van der Waals surface area contributed by atoms with Crippen LogP contribution in [0.3, 0.4) is 0 Å². The highest BCUT2D eigenvalue weighted by molar-refractivity contribution is 7.98. The van der Waals surface area contributed by atoms with Crippen LogP contribution in [-0.4, -0.2) is 87.7 Å². The Hall–Kier alpha value is -2.52. The van der Waals surface area contributed by atoms with Crippen molar-refractivity contribution in [2.75, 3.05) is 17.8 Å². The first-order valence-electron chi connectivity index (χ1n) is 9.42. The van der Waals surface area contributed by atoms with E-state index in [9.17, 15) is 33.9 Å². The number of nitrogens with two attached hydrogens (primary N) is 2. The van der Waals surface area contributed by atoms with Crippen LogP contribution in [0.1, 0.15) is 25.7 Å². The number of amides is 4. The van der Waals surface area contributed by atoms with Crippen molar-refractivity contribution in [3.05, 3.63) is 0 Å². The van der Waals surface area contributed by atoms with Gasteiger partial charge in [-0.1, -0.05) is 0 Å². The summed E-state index contributed by atoms with van der Waals surface area (Å²) in [7, 11) is 0. The average Bonchev–Trinajstić information content (AvgIpc) is 2.70. The number of carboxylic acid groups (broad SMARTS) is 2. The number of hydrogen-bond donors (Lipinski definition) is 8. The van der Waals surface area contributed by atoms with Gasteiger partial charge in [0.05, 0.1) is 12.5 Å².